The lowest BCUT2D eigenvalue weighted by atomic mass is 10.1. The van der Waals surface area contributed by atoms with Gasteiger partial charge in [-0.3, -0.25) is 14.7 Å². The smallest absolute Gasteiger partial charge is 0.224 e. The average Bonchev–Trinajstić information content (AvgIpc) is 2.55. The summed E-state index contributed by atoms with van der Waals surface area (Å²) >= 11 is 0. The van der Waals surface area contributed by atoms with Crippen molar-refractivity contribution in [1.82, 2.24) is 9.88 Å². The summed E-state index contributed by atoms with van der Waals surface area (Å²) in [5, 5.41) is 13.6. The van der Waals surface area contributed by atoms with E-state index in [0.717, 1.165) is 54.8 Å². The van der Waals surface area contributed by atoms with Crippen molar-refractivity contribution in [2.45, 2.75) is 38.8 Å². The maximum absolute atomic E-state index is 11.5. The standard InChI is InChI=1S/C18H23N3O2/c1-2-18(23)20-14-7-8-17-13(10-14)5-6-15(19-17)11-21-9-3-4-16(22)12-21/h5-8,10,16,22H,2-4,9,11-12H2,1H3,(H,20,23). The van der Waals surface area contributed by atoms with Gasteiger partial charge in [0.1, 0.15) is 0 Å². The number of carbonyl (C=O) groups is 1. The van der Waals surface area contributed by atoms with E-state index in [1.807, 2.05) is 37.3 Å². The van der Waals surface area contributed by atoms with Crippen LogP contribution in [0.1, 0.15) is 31.9 Å². The van der Waals surface area contributed by atoms with E-state index < -0.39 is 0 Å². The fraction of sp³-hybridized carbons (Fsp3) is 0.444. The lowest BCUT2D eigenvalue weighted by molar-refractivity contribution is -0.115. The Labute approximate surface area is 136 Å². The molecule has 1 amide bonds. The van der Waals surface area contributed by atoms with Gasteiger partial charge in [-0.2, -0.15) is 0 Å². The molecule has 5 heteroatoms. The van der Waals surface area contributed by atoms with Crippen LogP contribution in [0.4, 0.5) is 5.69 Å². The first-order chi connectivity index (χ1) is 11.1. The summed E-state index contributed by atoms with van der Waals surface area (Å²) in [6, 6.07) is 9.84. The second kappa shape index (κ2) is 7.06. The largest absolute Gasteiger partial charge is 0.392 e. The molecule has 0 saturated carbocycles. The van der Waals surface area contributed by atoms with E-state index in [4.69, 9.17) is 4.98 Å². The lowest BCUT2D eigenvalue weighted by Crippen LogP contribution is -2.37. The number of carbonyl (C=O) groups excluding carboxylic acids is 1. The summed E-state index contributed by atoms with van der Waals surface area (Å²) in [7, 11) is 0. The molecule has 122 valence electrons. The number of amides is 1. The number of aliphatic hydroxyl groups excluding tert-OH is 1. The monoisotopic (exact) mass is 313 g/mol. The van der Waals surface area contributed by atoms with Gasteiger partial charge in [0.15, 0.2) is 0 Å². The third kappa shape index (κ3) is 4.06. The van der Waals surface area contributed by atoms with Crippen LogP contribution in [0.2, 0.25) is 0 Å². The quantitative estimate of drug-likeness (QED) is 0.910. The van der Waals surface area contributed by atoms with Crippen LogP contribution in [0.3, 0.4) is 0 Å². The average molecular weight is 313 g/mol. The number of nitrogens with zero attached hydrogens (tertiary/aromatic N) is 2. The number of likely N-dealkylation sites (tertiary alicyclic amines) is 1. The SMILES string of the molecule is CCC(=O)Nc1ccc2nc(CN3CCCC(O)C3)ccc2c1. The molecule has 0 radical (unpaired) electrons. The molecule has 5 nitrogen and oxygen atoms in total. The van der Waals surface area contributed by atoms with Crippen molar-refractivity contribution >= 4 is 22.5 Å². The molecule has 0 aliphatic carbocycles. The van der Waals surface area contributed by atoms with E-state index in [0.29, 0.717) is 6.42 Å². The topological polar surface area (TPSA) is 65.5 Å². The summed E-state index contributed by atoms with van der Waals surface area (Å²) < 4.78 is 0. The number of piperidine rings is 1. The second-order valence-electron chi connectivity index (χ2n) is 6.14. The fourth-order valence-corrected chi connectivity index (χ4v) is 2.99. The van der Waals surface area contributed by atoms with E-state index >= 15 is 0 Å². The summed E-state index contributed by atoms with van der Waals surface area (Å²) in [6.45, 7) is 4.34. The summed E-state index contributed by atoms with van der Waals surface area (Å²) in [4.78, 5) is 18.4. The second-order valence-corrected chi connectivity index (χ2v) is 6.14. The van der Waals surface area contributed by atoms with Crippen LogP contribution in [-0.4, -0.2) is 40.1 Å². The summed E-state index contributed by atoms with van der Waals surface area (Å²) in [6.07, 6.45) is 2.19. The highest BCUT2D eigenvalue weighted by Crippen LogP contribution is 2.20. The van der Waals surface area contributed by atoms with E-state index in [-0.39, 0.29) is 12.0 Å². The number of hydrogen-bond acceptors (Lipinski definition) is 4. The molecule has 1 fully saturated rings. The first-order valence-corrected chi connectivity index (χ1v) is 8.24. The fourth-order valence-electron chi connectivity index (χ4n) is 2.99. The number of aromatic nitrogens is 1. The Morgan fingerprint density at radius 3 is 3.04 bits per heavy atom. The van der Waals surface area contributed by atoms with Crippen LogP contribution in [0.25, 0.3) is 10.9 Å². The van der Waals surface area contributed by atoms with Gasteiger partial charge in [-0.1, -0.05) is 13.0 Å². The van der Waals surface area contributed by atoms with Gasteiger partial charge in [-0.05, 0) is 43.7 Å². The Hall–Kier alpha value is -1.98. The van der Waals surface area contributed by atoms with Gasteiger partial charge in [-0.25, -0.2) is 0 Å². The maximum atomic E-state index is 11.5. The number of hydrogen-bond donors (Lipinski definition) is 2. The van der Waals surface area contributed by atoms with E-state index in [1.54, 1.807) is 0 Å². The van der Waals surface area contributed by atoms with E-state index in [9.17, 15) is 9.90 Å². The predicted molar refractivity (Wildman–Crippen MR) is 91.2 cm³/mol. The van der Waals surface area contributed by atoms with Gasteiger partial charge < -0.3 is 10.4 Å². The Balaban J connectivity index is 1.74. The lowest BCUT2D eigenvalue weighted by Gasteiger charge is -2.29. The molecule has 1 atom stereocenters. The highest BCUT2D eigenvalue weighted by Gasteiger charge is 2.18. The molecule has 2 heterocycles. The van der Waals surface area contributed by atoms with Crippen LogP contribution in [-0.2, 0) is 11.3 Å². The molecule has 1 unspecified atom stereocenters. The van der Waals surface area contributed by atoms with Gasteiger partial charge in [-0.15, -0.1) is 0 Å². The minimum atomic E-state index is -0.214. The van der Waals surface area contributed by atoms with Crippen molar-refractivity contribution in [3.05, 3.63) is 36.0 Å². The molecule has 1 saturated heterocycles. The molecular weight excluding hydrogens is 290 g/mol. The predicted octanol–water partition coefficient (Wildman–Crippen LogP) is 2.54. The molecular formula is C18H23N3O2. The highest BCUT2D eigenvalue weighted by atomic mass is 16.3. The molecule has 1 aromatic carbocycles. The molecule has 0 spiro atoms. The van der Waals surface area contributed by atoms with Crippen LogP contribution in [0.5, 0.6) is 0 Å². The Kier molecular flexibility index (Phi) is 4.88. The number of pyridine rings is 1. The number of fused-ring (bicyclic) bond motifs is 1. The minimum absolute atomic E-state index is 0.0117. The van der Waals surface area contributed by atoms with E-state index in [1.165, 1.54) is 0 Å². The maximum Gasteiger partial charge on any atom is 0.224 e. The number of anilines is 1. The van der Waals surface area contributed by atoms with Crippen molar-refractivity contribution in [3.8, 4) is 0 Å². The number of β-amino-alcohol motifs (C(OH)–C–C–N with tert-alkyl or cyclic N) is 1. The summed E-state index contributed by atoms with van der Waals surface area (Å²) in [5.74, 6) is 0.0117. The Morgan fingerprint density at radius 1 is 1.39 bits per heavy atom. The van der Waals surface area contributed by atoms with Gasteiger partial charge in [0.25, 0.3) is 0 Å². The molecule has 2 N–H and O–H groups in total. The van der Waals surface area contributed by atoms with Crippen molar-refractivity contribution in [2.24, 2.45) is 0 Å². The van der Waals surface area contributed by atoms with Crippen molar-refractivity contribution in [2.75, 3.05) is 18.4 Å². The highest BCUT2D eigenvalue weighted by molar-refractivity contribution is 5.93. The molecule has 1 aliphatic heterocycles. The third-order valence-corrected chi connectivity index (χ3v) is 4.22. The zero-order valence-corrected chi connectivity index (χ0v) is 13.5. The number of nitrogens with one attached hydrogen (secondary N) is 1. The zero-order valence-electron chi connectivity index (χ0n) is 13.5. The molecule has 0 bridgehead atoms. The molecule has 23 heavy (non-hydrogen) atoms. The van der Waals surface area contributed by atoms with E-state index in [2.05, 4.69) is 10.2 Å². The van der Waals surface area contributed by atoms with Crippen molar-refractivity contribution in [1.29, 1.82) is 0 Å². The molecule has 1 aliphatic rings. The van der Waals surface area contributed by atoms with Crippen LogP contribution in [0.15, 0.2) is 30.3 Å². The number of benzene rings is 1. The number of aliphatic hydroxyl groups is 1. The molecule has 1 aromatic heterocycles. The third-order valence-electron chi connectivity index (χ3n) is 4.22. The van der Waals surface area contributed by atoms with Gasteiger partial charge in [0, 0.05) is 30.6 Å². The zero-order chi connectivity index (χ0) is 16.2. The van der Waals surface area contributed by atoms with Crippen LogP contribution in [0, 0.1) is 0 Å². The normalized spacial score (nSPS) is 19.0. The van der Waals surface area contributed by atoms with Gasteiger partial charge >= 0.3 is 0 Å². The first-order valence-electron chi connectivity index (χ1n) is 8.24. The van der Waals surface area contributed by atoms with Gasteiger partial charge in [0.05, 0.1) is 17.3 Å². The van der Waals surface area contributed by atoms with Crippen molar-refractivity contribution < 1.29 is 9.90 Å². The molecule has 2 aromatic rings. The molecule has 3 rings (SSSR count). The first kappa shape index (κ1) is 15.9. The Bertz CT molecular complexity index is 702. The summed E-state index contributed by atoms with van der Waals surface area (Å²) in [5.41, 5.74) is 2.74. The minimum Gasteiger partial charge on any atom is -0.392 e. The van der Waals surface area contributed by atoms with Crippen LogP contribution >= 0.6 is 0 Å². The number of rotatable bonds is 4. The van der Waals surface area contributed by atoms with Crippen molar-refractivity contribution in [3.63, 3.8) is 0 Å². The van der Waals surface area contributed by atoms with Crippen LogP contribution < -0.4 is 5.32 Å². The van der Waals surface area contributed by atoms with Gasteiger partial charge in [0.2, 0.25) is 5.91 Å². The Morgan fingerprint density at radius 2 is 2.26 bits per heavy atom.